The maximum Gasteiger partial charge on any atom is 0.246 e. The number of hydrogen-bond donors (Lipinski definition) is 1. The lowest BCUT2D eigenvalue weighted by Crippen LogP contribution is -2.50. The number of ether oxygens (including phenoxy) is 1. The van der Waals surface area contributed by atoms with Gasteiger partial charge in [-0.3, -0.25) is 14.5 Å². The van der Waals surface area contributed by atoms with Crippen LogP contribution in [0.15, 0.2) is 60.7 Å². The van der Waals surface area contributed by atoms with E-state index < -0.39 is 0 Å². The van der Waals surface area contributed by atoms with E-state index >= 15 is 0 Å². The minimum atomic E-state index is -0.0358. The normalized spacial score (nSPS) is 14.7. The Morgan fingerprint density at radius 2 is 1.69 bits per heavy atom. The second kappa shape index (κ2) is 10.4. The zero-order valence-corrected chi connectivity index (χ0v) is 16.7. The third-order valence-electron chi connectivity index (χ3n) is 4.72. The summed E-state index contributed by atoms with van der Waals surface area (Å²) in [6.45, 7) is 5.51. The summed E-state index contributed by atoms with van der Waals surface area (Å²) in [5.41, 5.74) is 1.75. The van der Waals surface area contributed by atoms with Gasteiger partial charge in [0.15, 0.2) is 0 Å². The monoisotopic (exact) mass is 393 g/mol. The summed E-state index contributed by atoms with van der Waals surface area (Å²) < 4.78 is 5.42. The van der Waals surface area contributed by atoms with E-state index in [2.05, 4.69) is 10.2 Å². The van der Waals surface area contributed by atoms with Crippen molar-refractivity contribution in [2.75, 3.05) is 44.6 Å². The molecule has 0 radical (unpaired) electrons. The molecule has 152 valence electrons. The molecule has 2 aromatic carbocycles. The SMILES string of the molecule is CCOc1ccc(/C=C/C(=O)N2CCN(CC(=O)Nc3ccccc3)CC2)cc1. The average Bonchev–Trinajstić information content (AvgIpc) is 2.74. The Bertz CT molecular complexity index is 826. The topological polar surface area (TPSA) is 61.9 Å². The molecule has 1 N–H and O–H groups in total. The van der Waals surface area contributed by atoms with Crippen molar-refractivity contribution < 1.29 is 14.3 Å². The van der Waals surface area contributed by atoms with Gasteiger partial charge in [-0.15, -0.1) is 0 Å². The maximum absolute atomic E-state index is 12.4. The fourth-order valence-electron chi connectivity index (χ4n) is 3.17. The highest BCUT2D eigenvalue weighted by molar-refractivity contribution is 5.93. The Labute approximate surface area is 171 Å². The van der Waals surface area contributed by atoms with Crippen LogP contribution in [-0.4, -0.2) is 60.9 Å². The molecule has 1 fully saturated rings. The van der Waals surface area contributed by atoms with Crippen molar-refractivity contribution in [2.45, 2.75) is 6.92 Å². The Morgan fingerprint density at radius 1 is 1.00 bits per heavy atom. The number of piperazine rings is 1. The number of amides is 2. The summed E-state index contributed by atoms with van der Waals surface area (Å²) in [4.78, 5) is 28.5. The van der Waals surface area contributed by atoms with Crippen molar-refractivity contribution >= 4 is 23.6 Å². The lowest BCUT2D eigenvalue weighted by Gasteiger charge is -2.33. The van der Waals surface area contributed by atoms with Crippen LogP contribution in [0.5, 0.6) is 5.75 Å². The predicted molar refractivity (Wildman–Crippen MR) is 115 cm³/mol. The van der Waals surface area contributed by atoms with Crippen LogP contribution in [0.1, 0.15) is 12.5 Å². The molecule has 0 aliphatic carbocycles. The molecule has 1 saturated heterocycles. The van der Waals surface area contributed by atoms with Crippen molar-refractivity contribution in [2.24, 2.45) is 0 Å². The molecule has 0 spiro atoms. The van der Waals surface area contributed by atoms with Crippen LogP contribution in [0, 0.1) is 0 Å². The summed E-state index contributed by atoms with van der Waals surface area (Å²) in [7, 11) is 0. The highest BCUT2D eigenvalue weighted by atomic mass is 16.5. The largest absolute Gasteiger partial charge is 0.494 e. The molecular formula is C23H27N3O3. The quantitative estimate of drug-likeness (QED) is 0.735. The Balaban J connectivity index is 1.42. The molecule has 0 aromatic heterocycles. The van der Waals surface area contributed by atoms with Crippen LogP contribution in [-0.2, 0) is 9.59 Å². The Hall–Kier alpha value is -3.12. The van der Waals surface area contributed by atoms with Gasteiger partial charge in [-0.2, -0.15) is 0 Å². The van der Waals surface area contributed by atoms with Gasteiger partial charge in [0.2, 0.25) is 11.8 Å². The first-order valence-corrected chi connectivity index (χ1v) is 9.91. The molecule has 0 unspecified atom stereocenters. The zero-order valence-electron chi connectivity index (χ0n) is 16.7. The molecule has 0 saturated carbocycles. The number of rotatable bonds is 7. The van der Waals surface area contributed by atoms with Crippen molar-refractivity contribution in [3.8, 4) is 5.75 Å². The van der Waals surface area contributed by atoms with Gasteiger partial charge in [0.25, 0.3) is 0 Å². The molecule has 2 aromatic rings. The van der Waals surface area contributed by atoms with E-state index in [0.717, 1.165) is 17.0 Å². The van der Waals surface area contributed by atoms with Crippen LogP contribution in [0.4, 0.5) is 5.69 Å². The summed E-state index contributed by atoms with van der Waals surface area (Å²) >= 11 is 0. The van der Waals surface area contributed by atoms with Gasteiger partial charge in [-0.1, -0.05) is 30.3 Å². The van der Waals surface area contributed by atoms with Crippen molar-refractivity contribution in [1.82, 2.24) is 9.80 Å². The summed E-state index contributed by atoms with van der Waals surface area (Å²) in [6, 6.07) is 17.1. The molecule has 0 bridgehead atoms. The highest BCUT2D eigenvalue weighted by Crippen LogP contribution is 2.13. The summed E-state index contributed by atoms with van der Waals surface area (Å²) in [6.07, 6.45) is 3.42. The first kappa shape index (κ1) is 20.6. The van der Waals surface area contributed by atoms with Gasteiger partial charge < -0.3 is 15.0 Å². The number of para-hydroxylation sites is 1. The van der Waals surface area contributed by atoms with Gasteiger partial charge in [0.05, 0.1) is 13.2 Å². The molecule has 1 heterocycles. The lowest BCUT2D eigenvalue weighted by molar-refractivity contribution is -0.127. The number of benzene rings is 2. The third-order valence-corrected chi connectivity index (χ3v) is 4.72. The van der Waals surface area contributed by atoms with E-state index in [0.29, 0.717) is 39.3 Å². The van der Waals surface area contributed by atoms with Crippen molar-refractivity contribution in [3.05, 3.63) is 66.2 Å². The smallest absolute Gasteiger partial charge is 0.246 e. The van der Waals surface area contributed by atoms with E-state index in [4.69, 9.17) is 4.74 Å². The fourth-order valence-corrected chi connectivity index (χ4v) is 3.17. The number of anilines is 1. The molecule has 1 aliphatic rings. The predicted octanol–water partition coefficient (Wildman–Crippen LogP) is 2.88. The minimum Gasteiger partial charge on any atom is -0.494 e. The molecule has 6 heteroatoms. The molecule has 6 nitrogen and oxygen atoms in total. The first-order valence-electron chi connectivity index (χ1n) is 9.91. The standard InChI is InChI=1S/C23H27N3O3/c1-2-29-21-11-8-19(9-12-21)10-13-23(28)26-16-14-25(15-17-26)18-22(27)24-20-6-4-3-5-7-20/h3-13H,2,14-18H2,1H3,(H,24,27)/b13-10+. The number of nitrogens with one attached hydrogen (secondary N) is 1. The van der Waals surface area contributed by atoms with Gasteiger partial charge in [0, 0.05) is 37.9 Å². The van der Waals surface area contributed by atoms with E-state index in [1.54, 1.807) is 6.08 Å². The first-order chi connectivity index (χ1) is 14.1. The van der Waals surface area contributed by atoms with Crippen LogP contribution in [0.2, 0.25) is 0 Å². The second-order valence-electron chi connectivity index (χ2n) is 6.85. The maximum atomic E-state index is 12.4. The molecule has 3 rings (SSSR count). The average molecular weight is 393 g/mol. The minimum absolute atomic E-state index is 0.00716. The van der Waals surface area contributed by atoms with Gasteiger partial charge in [-0.05, 0) is 42.8 Å². The van der Waals surface area contributed by atoms with Crippen molar-refractivity contribution in [3.63, 3.8) is 0 Å². The van der Waals surface area contributed by atoms with E-state index in [1.807, 2.05) is 72.5 Å². The molecular weight excluding hydrogens is 366 g/mol. The number of carbonyl (C=O) groups excluding carboxylic acids is 2. The van der Waals surface area contributed by atoms with Crippen LogP contribution in [0.25, 0.3) is 6.08 Å². The molecule has 1 aliphatic heterocycles. The summed E-state index contributed by atoms with van der Waals surface area (Å²) in [5, 5.41) is 2.89. The number of nitrogens with zero attached hydrogens (tertiary/aromatic N) is 2. The van der Waals surface area contributed by atoms with Gasteiger partial charge in [0.1, 0.15) is 5.75 Å². The fraction of sp³-hybridized carbons (Fsp3) is 0.304. The van der Waals surface area contributed by atoms with Gasteiger partial charge in [-0.25, -0.2) is 0 Å². The zero-order chi connectivity index (χ0) is 20.5. The van der Waals surface area contributed by atoms with Crippen LogP contribution < -0.4 is 10.1 Å². The molecule has 29 heavy (non-hydrogen) atoms. The van der Waals surface area contributed by atoms with Crippen LogP contribution in [0.3, 0.4) is 0 Å². The Kier molecular flexibility index (Phi) is 7.41. The van der Waals surface area contributed by atoms with E-state index in [1.165, 1.54) is 0 Å². The highest BCUT2D eigenvalue weighted by Gasteiger charge is 2.21. The van der Waals surface area contributed by atoms with E-state index in [9.17, 15) is 9.59 Å². The Morgan fingerprint density at radius 3 is 2.34 bits per heavy atom. The molecule has 0 atom stereocenters. The molecule has 2 amide bonds. The van der Waals surface area contributed by atoms with Crippen LogP contribution >= 0.6 is 0 Å². The van der Waals surface area contributed by atoms with Gasteiger partial charge >= 0.3 is 0 Å². The summed E-state index contributed by atoms with van der Waals surface area (Å²) in [5.74, 6) is 0.780. The third kappa shape index (κ3) is 6.47. The second-order valence-corrected chi connectivity index (χ2v) is 6.85. The number of carbonyl (C=O) groups is 2. The van der Waals surface area contributed by atoms with E-state index in [-0.39, 0.29) is 11.8 Å². The van der Waals surface area contributed by atoms with Crippen molar-refractivity contribution in [1.29, 1.82) is 0 Å². The number of hydrogen-bond acceptors (Lipinski definition) is 4. The lowest BCUT2D eigenvalue weighted by atomic mass is 10.2.